The third-order valence-electron chi connectivity index (χ3n) is 9.68. The van der Waals surface area contributed by atoms with Crippen molar-refractivity contribution in [1.82, 2.24) is 5.32 Å². The molecular weight excluding hydrogens is 734 g/mol. The van der Waals surface area contributed by atoms with E-state index in [2.05, 4.69) is 24.4 Å². The predicted octanol–water partition coefficient (Wildman–Crippen LogP) is 12.5. The molecule has 2 unspecified atom stereocenters. The molecule has 0 saturated carbocycles. The number of benzene rings is 5. The Kier molecular flexibility index (Phi) is 18.0. The van der Waals surface area contributed by atoms with Gasteiger partial charge in [0.2, 0.25) is 0 Å². The van der Waals surface area contributed by atoms with E-state index in [9.17, 15) is 9.36 Å². The Morgan fingerprint density at radius 2 is 1.07 bits per heavy atom. The molecular formula is C48H58NO7P. The highest BCUT2D eigenvalue weighted by Gasteiger charge is 2.38. The fourth-order valence-corrected chi connectivity index (χ4v) is 7.78. The van der Waals surface area contributed by atoms with Crippen molar-refractivity contribution >= 4 is 13.9 Å². The number of alkyl carbamates (subject to hydrolysis) is 1. The van der Waals surface area contributed by atoms with Gasteiger partial charge in [-0.05, 0) is 53.1 Å². The summed E-state index contributed by atoms with van der Waals surface area (Å²) in [5.41, 5.74) is 4.44. The lowest BCUT2D eigenvalue weighted by atomic mass is 9.91. The molecule has 9 heteroatoms. The van der Waals surface area contributed by atoms with E-state index in [-0.39, 0.29) is 32.8 Å². The minimum absolute atomic E-state index is 0.0122. The molecule has 0 aliphatic carbocycles. The zero-order chi connectivity index (χ0) is 40.0. The quantitative estimate of drug-likeness (QED) is 0.0465. The Morgan fingerprint density at radius 3 is 1.60 bits per heavy atom. The lowest BCUT2D eigenvalue weighted by Crippen LogP contribution is -2.50. The number of ether oxygens (including phenoxy) is 2. The van der Waals surface area contributed by atoms with Gasteiger partial charge in [-0.3, -0.25) is 13.6 Å². The molecule has 0 aliphatic heterocycles. The topological polar surface area (TPSA) is 92.3 Å². The van der Waals surface area contributed by atoms with Gasteiger partial charge in [0.1, 0.15) is 6.61 Å². The molecule has 302 valence electrons. The maximum absolute atomic E-state index is 14.8. The summed E-state index contributed by atoms with van der Waals surface area (Å²) in [6, 6.07) is 46.6. The number of phosphoric acid groups is 1. The van der Waals surface area contributed by atoms with E-state index in [4.69, 9.17) is 23.0 Å². The summed E-state index contributed by atoms with van der Waals surface area (Å²) in [4.78, 5) is 13.5. The highest BCUT2D eigenvalue weighted by atomic mass is 31.2. The number of aryl methyl sites for hydroxylation is 1. The van der Waals surface area contributed by atoms with Crippen molar-refractivity contribution in [3.63, 3.8) is 0 Å². The summed E-state index contributed by atoms with van der Waals surface area (Å²) in [5.74, 6) is 0. The van der Waals surface area contributed by atoms with E-state index in [1.54, 1.807) is 0 Å². The molecule has 0 spiro atoms. The van der Waals surface area contributed by atoms with Crippen LogP contribution in [0.1, 0.15) is 98.3 Å². The Labute approximate surface area is 339 Å². The number of carbonyl (C=O) groups is 1. The van der Waals surface area contributed by atoms with E-state index in [0.717, 1.165) is 40.7 Å². The Bertz CT molecular complexity index is 1850. The number of rotatable bonds is 25. The smallest absolute Gasteiger partial charge is 0.445 e. The fraction of sp³-hybridized carbons (Fsp3) is 0.354. The Hall–Kier alpha value is -4.56. The van der Waals surface area contributed by atoms with Crippen LogP contribution in [0.2, 0.25) is 0 Å². The van der Waals surface area contributed by atoms with Gasteiger partial charge in [-0.2, -0.15) is 0 Å². The third kappa shape index (κ3) is 16.1. The molecule has 0 bridgehead atoms. The maximum Gasteiger partial charge on any atom is 0.476 e. The van der Waals surface area contributed by atoms with E-state index < -0.39 is 25.6 Å². The number of carbonyl (C=O) groups excluding carboxylic acids is 1. The first-order chi connectivity index (χ1) is 27.8. The van der Waals surface area contributed by atoms with E-state index in [0.29, 0.717) is 6.61 Å². The molecule has 1 N–H and O–H groups in total. The van der Waals surface area contributed by atoms with Crippen LogP contribution in [0.5, 0.6) is 0 Å². The maximum atomic E-state index is 14.8. The summed E-state index contributed by atoms with van der Waals surface area (Å²) in [5, 5.41) is 3.07. The highest BCUT2D eigenvalue weighted by molar-refractivity contribution is 7.48. The molecule has 0 aromatic heterocycles. The van der Waals surface area contributed by atoms with Gasteiger partial charge in [-0.1, -0.05) is 185 Å². The Morgan fingerprint density at radius 1 is 0.596 bits per heavy atom. The molecule has 1 amide bonds. The first kappa shape index (κ1) is 43.6. The van der Waals surface area contributed by atoms with Crippen molar-refractivity contribution in [2.24, 2.45) is 0 Å². The van der Waals surface area contributed by atoms with Crippen molar-refractivity contribution in [2.75, 3.05) is 6.61 Å². The van der Waals surface area contributed by atoms with Crippen molar-refractivity contribution < 1.29 is 32.4 Å². The number of unbranched alkanes of at least 4 members (excludes halogenated alkanes) is 5. The second-order valence-electron chi connectivity index (χ2n) is 14.7. The monoisotopic (exact) mass is 791 g/mol. The molecule has 0 radical (unpaired) electrons. The number of phosphoric ester groups is 1. The first-order valence-corrected chi connectivity index (χ1v) is 21.6. The Balaban J connectivity index is 1.41. The minimum Gasteiger partial charge on any atom is -0.445 e. The van der Waals surface area contributed by atoms with Gasteiger partial charge in [0, 0.05) is 6.42 Å². The van der Waals surface area contributed by atoms with Gasteiger partial charge < -0.3 is 14.8 Å². The van der Waals surface area contributed by atoms with Crippen LogP contribution >= 0.6 is 7.82 Å². The van der Waals surface area contributed by atoms with Crippen LogP contribution in [0.25, 0.3) is 0 Å². The van der Waals surface area contributed by atoms with Gasteiger partial charge in [0.25, 0.3) is 0 Å². The van der Waals surface area contributed by atoms with Gasteiger partial charge in [0.05, 0.1) is 38.1 Å². The standard InChI is InChI=1S/C48H58NO7P/c1-3-4-5-6-7-12-21-40-30-32-45(33-31-40)46(56-57(51,54-37-43-26-17-10-18-27-43)55-38-44-28-19-11-20-29-44)34-48(2,39-52-35-41-22-13-8-14-23-41)49-47(50)53-36-42-24-15-9-16-25-42/h8-11,13-20,22-33,46H,3-7,12,21,34-39H2,1-2H3,(H,49,50). The second-order valence-corrected chi connectivity index (χ2v) is 16.4. The molecule has 8 nitrogen and oxygen atoms in total. The lowest BCUT2D eigenvalue weighted by Gasteiger charge is -2.35. The summed E-state index contributed by atoms with van der Waals surface area (Å²) in [6.45, 7) is 4.68. The third-order valence-corrected chi connectivity index (χ3v) is 11.1. The number of hydrogen-bond acceptors (Lipinski definition) is 7. The number of hydrogen-bond donors (Lipinski definition) is 1. The fourth-order valence-electron chi connectivity index (χ4n) is 6.46. The minimum atomic E-state index is -4.25. The molecule has 57 heavy (non-hydrogen) atoms. The second kappa shape index (κ2) is 23.6. The van der Waals surface area contributed by atoms with E-state index in [1.165, 1.54) is 37.7 Å². The summed E-state index contributed by atoms with van der Waals surface area (Å²) < 4.78 is 45.5. The molecule has 2 atom stereocenters. The van der Waals surface area contributed by atoms with Gasteiger partial charge in [-0.15, -0.1) is 0 Å². The summed E-state index contributed by atoms with van der Waals surface area (Å²) in [6.07, 6.45) is 7.01. The van der Waals surface area contributed by atoms with E-state index >= 15 is 0 Å². The highest BCUT2D eigenvalue weighted by Crippen LogP contribution is 2.55. The number of amides is 1. The molecule has 0 saturated heterocycles. The molecule has 5 rings (SSSR count). The lowest BCUT2D eigenvalue weighted by molar-refractivity contribution is 0.0189. The average Bonchev–Trinajstić information content (AvgIpc) is 3.24. The van der Waals surface area contributed by atoms with Crippen molar-refractivity contribution in [1.29, 1.82) is 0 Å². The normalized spacial score (nSPS) is 13.1. The van der Waals surface area contributed by atoms with Crippen LogP contribution in [-0.4, -0.2) is 18.2 Å². The predicted molar refractivity (Wildman–Crippen MR) is 226 cm³/mol. The van der Waals surface area contributed by atoms with Crippen LogP contribution in [0.4, 0.5) is 4.79 Å². The molecule has 5 aromatic carbocycles. The summed E-state index contributed by atoms with van der Waals surface area (Å²) >= 11 is 0. The van der Waals surface area contributed by atoms with Crippen LogP contribution in [0, 0.1) is 0 Å². The number of nitrogens with one attached hydrogen (secondary N) is 1. The van der Waals surface area contributed by atoms with Crippen molar-refractivity contribution in [3.8, 4) is 0 Å². The van der Waals surface area contributed by atoms with Crippen molar-refractivity contribution in [3.05, 3.63) is 179 Å². The largest absolute Gasteiger partial charge is 0.476 e. The van der Waals surface area contributed by atoms with Crippen LogP contribution in [0.3, 0.4) is 0 Å². The zero-order valence-corrected chi connectivity index (χ0v) is 34.3. The van der Waals surface area contributed by atoms with Gasteiger partial charge >= 0.3 is 13.9 Å². The molecule has 0 fully saturated rings. The first-order valence-electron chi connectivity index (χ1n) is 20.2. The molecule has 5 aromatic rings. The van der Waals surface area contributed by atoms with E-state index in [1.807, 2.05) is 140 Å². The molecule has 0 aliphatic rings. The summed E-state index contributed by atoms with van der Waals surface area (Å²) in [7, 11) is -4.25. The van der Waals surface area contributed by atoms with Gasteiger partial charge in [-0.25, -0.2) is 9.36 Å². The zero-order valence-electron chi connectivity index (χ0n) is 33.4. The van der Waals surface area contributed by atoms with Crippen LogP contribution in [-0.2, 0) is 60.5 Å². The van der Waals surface area contributed by atoms with Crippen molar-refractivity contribution in [2.45, 2.75) is 103 Å². The van der Waals surface area contributed by atoms with Gasteiger partial charge in [0.15, 0.2) is 0 Å². The van der Waals surface area contributed by atoms with Crippen LogP contribution in [0.15, 0.2) is 146 Å². The SMILES string of the molecule is CCCCCCCCc1ccc(C(CC(C)(COCc2ccccc2)NC(=O)OCc2ccccc2)OP(=O)(OCc2ccccc2)OCc2ccccc2)cc1. The molecule has 0 heterocycles. The van der Waals surface area contributed by atoms with Crippen LogP contribution < -0.4 is 5.32 Å². The average molecular weight is 792 g/mol.